The van der Waals surface area contributed by atoms with E-state index in [9.17, 15) is 23.1 Å². The van der Waals surface area contributed by atoms with Crippen LogP contribution in [0.2, 0.25) is 0 Å². The minimum absolute atomic E-state index is 0.0137. The van der Waals surface area contributed by atoms with E-state index in [2.05, 4.69) is 10.0 Å². The summed E-state index contributed by atoms with van der Waals surface area (Å²) in [7, 11) is 0. The largest absolute Gasteiger partial charge is 0.490 e. The molecule has 0 spiro atoms. The number of rotatable bonds is 6. The zero-order chi connectivity index (χ0) is 26.2. The number of ether oxygens (including phenoxy) is 3. The number of carboxylic acid groups (broad SMARTS) is 1. The maximum atomic E-state index is 13.4. The lowest BCUT2D eigenvalue weighted by Crippen LogP contribution is -2.38. The molecule has 11 heteroatoms. The van der Waals surface area contributed by atoms with Crippen LogP contribution in [0.3, 0.4) is 0 Å². The quantitative estimate of drug-likeness (QED) is 0.591. The van der Waals surface area contributed by atoms with Crippen LogP contribution in [0.25, 0.3) is 0 Å². The van der Waals surface area contributed by atoms with Crippen molar-refractivity contribution >= 4 is 23.1 Å². The van der Waals surface area contributed by atoms with Gasteiger partial charge in [-0.2, -0.15) is 18.3 Å². The van der Waals surface area contributed by atoms with Gasteiger partial charge in [0.15, 0.2) is 11.5 Å². The van der Waals surface area contributed by atoms with Gasteiger partial charge in [0, 0.05) is 31.8 Å². The lowest BCUT2D eigenvalue weighted by Gasteiger charge is -2.35. The molecule has 3 aliphatic heterocycles. The van der Waals surface area contributed by atoms with Crippen molar-refractivity contribution in [1.82, 2.24) is 0 Å². The van der Waals surface area contributed by atoms with Crippen LogP contribution in [0, 0.1) is 5.92 Å². The standard InChI is InChI=1S/C26H28F3N3O5/c1-16-21(15-23(33)34)32(30-25(16)26(27,28)29)17-5-7-18(8-6-17)37-19-9-11-31(12-10-19)20-3-2-4-22-24(20)36-14-13-35-22/h2-8,16,19,21H,9-15H2,1H3,(H,33,34). The molecule has 8 nitrogen and oxygen atoms in total. The predicted molar refractivity (Wildman–Crippen MR) is 131 cm³/mol. The van der Waals surface area contributed by atoms with Crippen molar-refractivity contribution in [3.05, 3.63) is 42.5 Å². The number of anilines is 2. The Hall–Kier alpha value is -3.63. The molecule has 0 aromatic heterocycles. The Morgan fingerprint density at radius 3 is 2.49 bits per heavy atom. The van der Waals surface area contributed by atoms with E-state index in [0.29, 0.717) is 24.7 Å². The normalized spacial score (nSPS) is 22.1. The van der Waals surface area contributed by atoms with Crippen molar-refractivity contribution in [2.75, 3.05) is 36.2 Å². The Labute approximate surface area is 212 Å². The van der Waals surface area contributed by atoms with Gasteiger partial charge < -0.3 is 24.2 Å². The van der Waals surface area contributed by atoms with E-state index in [1.807, 2.05) is 18.2 Å². The third-order valence-corrected chi connectivity index (χ3v) is 6.94. The average Bonchev–Trinajstić information content (AvgIpc) is 3.20. The molecule has 1 fully saturated rings. The van der Waals surface area contributed by atoms with E-state index in [1.54, 1.807) is 24.3 Å². The summed E-state index contributed by atoms with van der Waals surface area (Å²) >= 11 is 0. The molecular formula is C26H28F3N3O5. The number of carbonyl (C=O) groups is 1. The van der Waals surface area contributed by atoms with Crippen LogP contribution >= 0.6 is 0 Å². The first-order valence-corrected chi connectivity index (χ1v) is 12.3. The molecule has 198 valence electrons. The average molecular weight is 520 g/mol. The molecule has 0 saturated carbocycles. The topological polar surface area (TPSA) is 83.8 Å². The second kappa shape index (κ2) is 10.0. The number of alkyl halides is 3. The Balaban J connectivity index is 1.23. The summed E-state index contributed by atoms with van der Waals surface area (Å²) in [5.74, 6) is -0.117. The number of benzene rings is 2. The molecule has 37 heavy (non-hydrogen) atoms. The Morgan fingerprint density at radius 2 is 1.81 bits per heavy atom. The number of hydrogen-bond acceptors (Lipinski definition) is 7. The van der Waals surface area contributed by atoms with Crippen LogP contribution in [0.15, 0.2) is 47.6 Å². The molecule has 5 rings (SSSR count). The van der Waals surface area contributed by atoms with Crippen molar-refractivity contribution in [3.8, 4) is 17.2 Å². The highest BCUT2D eigenvalue weighted by molar-refractivity contribution is 5.96. The fraction of sp³-hybridized carbons (Fsp3) is 0.462. The molecular weight excluding hydrogens is 491 g/mol. The van der Waals surface area contributed by atoms with Gasteiger partial charge >= 0.3 is 12.1 Å². The van der Waals surface area contributed by atoms with Gasteiger partial charge in [0.05, 0.1) is 23.8 Å². The number of para-hydroxylation sites is 1. The van der Waals surface area contributed by atoms with Crippen LogP contribution in [-0.2, 0) is 4.79 Å². The minimum Gasteiger partial charge on any atom is -0.490 e. The summed E-state index contributed by atoms with van der Waals surface area (Å²) in [6.45, 7) is 3.97. The van der Waals surface area contributed by atoms with Gasteiger partial charge in [0.2, 0.25) is 0 Å². The molecule has 1 N–H and O–H groups in total. The fourth-order valence-corrected chi connectivity index (χ4v) is 5.07. The lowest BCUT2D eigenvalue weighted by atomic mass is 9.94. The van der Waals surface area contributed by atoms with Crippen LogP contribution < -0.4 is 24.1 Å². The Bertz CT molecular complexity index is 1160. The number of fused-ring (bicyclic) bond motifs is 1. The maximum Gasteiger partial charge on any atom is 0.431 e. The third kappa shape index (κ3) is 5.26. The summed E-state index contributed by atoms with van der Waals surface area (Å²) in [6, 6.07) is 11.6. The van der Waals surface area contributed by atoms with Gasteiger partial charge in [-0.1, -0.05) is 13.0 Å². The lowest BCUT2D eigenvalue weighted by molar-refractivity contribution is -0.137. The molecule has 0 aliphatic carbocycles. The fourth-order valence-electron chi connectivity index (χ4n) is 5.07. The number of hydrogen-bond donors (Lipinski definition) is 1. The van der Waals surface area contributed by atoms with Gasteiger partial charge in [-0.3, -0.25) is 9.80 Å². The van der Waals surface area contributed by atoms with Gasteiger partial charge in [-0.05, 0) is 36.4 Å². The van der Waals surface area contributed by atoms with Gasteiger partial charge in [0.25, 0.3) is 0 Å². The molecule has 3 aliphatic rings. The molecule has 0 amide bonds. The number of piperidine rings is 1. The Kier molecular flexibility index (Phi) is 6.78. The monoisotopic (exact) mass is 519 g/mol. The van der Waals surface area contributed by atoms with E-state index in [4.69, 9.17) is 14.2 Å². The number of hydrazone groups is 1. The van der Waals surface area contributed by atoms with Crippen LogP contribution in [0.4, 0.5) is 24.5 Å². The zero-order valence-electron chi connectivity index (χ0n) is 20.3. The van der Waals surface area contributed by atoms with Crippen molar-refractivity contribution in [1.29, 1.82) is 0 Å². The number of aliphatic carboxylic acids is 1. The third-order valence-electron chi connectivity index (χ3n) is 6.94. The summed E-state index contributed by atoms with van der Waals surface area (Å²) in [5, 5.41) is 14.1. The predicted octanol–water partition coefficient (Wildman–Crippen LogP) is 4.72. The molecule has 2 unspecified atom stereocenters. The summed E-state index contributed by atoms with van der Waals surface area (Å²) in [5.41, 5.74) is 0.424. The minimum atomic E-state index is -4.62. The van der Waals surface area contributed by atoms with Crippen molar-refractivity contribution < 1.29 is 37.3 Å². The SMILES string of the molecule is CC1C(C(F)(F)F)=NN(c2ccc(OC3CCN(c4cccc5c4OCCO5)CC3)cc2)C1CC(=O)O. The van der Waals surface area contributed by atoms with E-state index >= 15 is 0 Å². The van der Waals surface area contributed by atoms with E-state index in [-0.39, 0.29) is 6.10 Å². The highest BCUT2D eigenvalue weighted by Gasteiger charge is 2.48. The highest BCUT2D eigenvalue weighted by atomic mass is 19.4. The van der Waals surface area contributed by atoms with Crippen LogP contribution in [0.1, 0.15) is 26.2 Å². The van der Waals surface area contributed by atoms with E-state index in [0.717, 1.165) is 48.1 Å². The van der Waals surface area contributed by atoms with Crippen LogP contribution in [-0.4, -0.2) is 61.4 Å². The molecule has 1 saturated heterocycles. The molecule has 2 aromatic carbocycles. The van der Waals surface area contributed by atoms with Crippen molar-refractivity contribution in [2.24, 2.45) is 11.0 Å². The number of halogens is 3. The van der Waals surface area contributed by atoms with E-state index in [1.165, 1.54) is 6.92 Å². The summed E-state index contributed by atoms with van der Waals surface area (Å²) < 4.78 is 57.9. The first-order chi connectivity index (χ1) is 17.7. The van der Waals surface area contributed by atoms with Crippen LogP contribution in [0.5, 0.6) is 17.2 Å². The summed E-state index contributed by atoms with van der Waals surface area (Å²) in [4.78, 5) is 13.6. The Morgan fingerprint density at radius 1 is 1.11 bits per heavy atom. The van der Waals surface area contributed by atoms with E-state index < -0.39 is 36.2 Å². The molecule has 2 aromatic rings. The van der Waals surface area contributed by atoms with Gasteiger partial charge in [-0.15, -0.1) is 0 Å². The summed E-state index contributed by atoms with van der Waals surface area (Å²) in [6.07, 6.45) is -3.52. The van der Waals surface area contributed by atoms with Crippen molar-refractivity contribution in [2.45, 2.75) is 44.5 Å². The van der Waals surface area contributed by atoms with Gasteiger partial charge in [0.1, 0.15) is 30.8 Å². The second-order valence-corrected chi connectivity index (χ2v) is 9.38. The molecule has 0 bridgehead atoms. The smallest absolute Gasteiger partial charge is 0.431 e. The molecule has 0 radical (unpaired) electrons. The van der Waals surface area contributed by atoms with Crippen molar-refractivity contribution in [3.63, 3.8) is 0 Å². The number of nitrogens with zero attached hydrogens (tertiary/aromatic N) is 3. The second-order valence-electron chi connectivity index (χ2n) is 9.38. The maximum absolute atomic E-state index is 13.4. The first kappa shape index (κ1) is 25.0. The molecule has 2 atom stereocenters. The first-order valence-electron chi connectivity index (χ1n) is 12.3. The number of carboxylic acids is 1. The molecule has 3 heterocycles. The van der Waals surface area contributed by atoms with Gasteiger partial charge in [-0.25, -0.2) is 0 Å². The zero-order valence-corrected chi connectivity index (χ0v) is 20.3. The highest BCUT2D eigenvalue weighted by Crippen LogP contribution is 2.41.